The average molecular weight is 338 g/mol. The fraction of sp³-hybridized carbons (Fsp3) is 0.211. The molecule has 0 saturated heterocycles. The van der Waals surface area contributed by atoms with Crippen molar-refractivity contribution in [1.82, 2.24) is 4.98 Å². The summed E-state index contributed by atoms with van der Waals surface area (Å²) in [6.45, 7) is 0. The highest BCUT2D eigenvalue weighted by Crippen LogP contribution is 2.40. The molecule has 0 radical (unpaired) electrons. The second kappa shape index (κ2) is 6.17. The van der Waals surface area contributed by atoms with E-state index in [1.54, 1.807) is 25.6 Å². The molecule has 0 atom stereocenters. The van der Waals surface area contributed by atoms with E-state index >= 15 is 0 Å². The molecule has 1 aliphatic carbocycles. The Morgan fingerprint density at radius 1 is 1.04 bits per heavy atom. The summed E-state index contributed by atoms with van der Waals surface area (Å²) in [7, 11) is 3.38. The Morgan fingerprint density at radius 2 is 1.92 bits per heavy atom. The Labute approximate surface area is 145 Å². The number of methoxy groups -OCH3 is 2. The van der Waals surface area contributed by atoms with Gasteiger partial charge in [-0.05, 0) is 48.7 Å². The van der Waals surface area contributed by atoms with Gasteiger partial charge in [0.05, 0.1) is 25.6 Å². The summed E-state index contributed by atoms with van der Waals surface area (Å²) in [6, 6.07) is 14.1. The van der Waals surface area contributed by atoms with Crippen LogP contribution in [0.15, 0.2) is 42.5 Å². The molecule has 1 heterocycles. The molecule has 3 aromatic rings. The van der Waals surface area contributed by atoms with Gasteiger partial charge in [0.25, 0.3) is 0 Å². The van der Waals surface area contributed by atoms with Gasteiger partial charge in [-0.1, -0.05) is 12.1 Å². The summed E-state index contributed by atoms with van der Waals surface area (Å²) in [5, 5.41) is 4.29. The van der Waals surface area contributed by atoms with Crippen LogP contribution in [-0.4, -0.2) is 19.2 Å². The minimum absolute atomic E-state index is 0.816. The quantitative estimate of drug-likeness (QED) is 0.751. The van der Waals surface area contributed by atoms with Crippen molar-refractivity contribution in [3.8, 4) is 22.8 Å². The molecule has 5 heteroatoms. The van der Waals surface area contributed by atoms with Crippen LogP contribution in [0, 0.1) is 0 Å². The summed E-state index contributed by atoms with van der Waals surface area (Å²) < 4.78 is 10.7. The van der Waals surface area contributed by atoms with Gasteiger partial charge in [-0.25, -0.2) is 4.98 Å². The van der Waals surface area contributed by atoms with Gasteiger partial charge in [-0.3, -0.25) is 0 Å². The first kappa shape index (κ1) is 15.0. The SMILES string of the molecule is COc1ccc2c(c1)CCc1sc(Nc3ccccc3OC)nc1-2. The largest absolute Gasteiger partial charge is 0.497 e. The van der Waals surface area contributed by atoms with E-state index in [2.05, 4.69) is 17.4 Å². The maximum Gasteiger partial charge on any atom is 0.188 e. The molecule has 0 aliphatic heterocycles. The number of hydrogen-bond acceptors (Lipinski definition) is 5. The number of benzene rings is 2. The first-order valence-electron chi connectivity index (χ1n) is 7.85. The molecule has 0 bridgehead atoms. The van der Waals surface area contributed by atoms with E-state index in [1.165, 1.54) is 16.0 Å². The van der Waals surface area contributed by atoms with Gasteiger partial charge in [-0.2, -0.15) is 0 Å². The molecule has 4 nitrogen and oxygen atoms in total. The van der Waals surface area contributed by atoms with Crippen LogP contribution in [0.3, 0.4) is 0 Å². The number of aryl methyl sites for hydroxylation is 2. The molecule has 0 unspecified atom stereocenters. The lowest BCUT2D eigenvalue weighted by atomic mass is 9.93. The van der Waals surface area contributed by atoms with Crippen molar-refractivity contribution in [2.75, 3.05) is 19.5 Å². The van der Waals surface area contributed by atoms with Crippen molar-refractivity contribution in [3.05, 3.63) is 52.9 Å². The highest BCUT2D eigenvalue weighted by molar-refractivity contribution is 7.16. The Bertz CT molecular complexity index is 889. The Balaban J connectivity index is 1.69. The topological polar surface area (TPSA) is 43.4 Å². The Hall–Kier alpha value is -2.53. The summed E-state index contributed by atoms with van der Waals surface area (Å²) in [6.07, 6.45) is 2.04. The third-order valence-corrected chi connectivity index (χ3v) is 5.27. The van der Waals surface area contributed by atoms with Crippen molar-refractivity contribution >= 4 is 22.2 Å². The molecular weight excluding hydrogens is 320 g/mol. The Morgan fingerprint density at radius 3 is 2.75 bits per heavy atom. The summed E-state index contributed by atoms with van der Waals surface area (Å²) in [5.74, 6) is 1.72. The summed E-state index contributed by atoms with van der Waals surface area (Å²) in [5.41, 5.74) is 4.53. The molecule has 0 fully saturated rings. The number of rotatable bonds is 4. The van der Waals surface area contributed by atoms with Crippen LogP contribution in [0.25, 0.3) is 11.3 Å². The van der Waals surface area contributed by atoms with Crippen LogP contribution in [-0.2, 0) is 12.8 Å². The minimum atomic E-state index is 0.816. The third kappa shape index (κ3) is 2.61. The van der Waals surface area contributed by atoms with Crippen molar-refractivity contribution in [2.24, 2.45) is 0 Å². The maximum atomic E-state index is 5.40. The van der Waals surface area contributed by atoms with Gasteiger partial charge in [0.2, 0.25) is 0 Å². The van der Waals surface area contributed by atoms with Gasteiger partial charge in [0.15, 0.2) is 5.13 Å². The Kier molecular flexibility index (Phi) is 3.86. The number of nitrogens with zero attached hydrogens (tertiary/aromatic N) is 1. The first-order valence-corrected chi connectivity index (χ1v) is 8.67. The zero-order valence-electron chi connectivity index (χ0n) is 13.6. The number of thiazole rings is 1. The second-order valence-corrected chi connectivity index (χ2v) is 6.72. The number of hydrogen-bond donors (Lipinski definition) is 1. The van der Waals surface area contributed by atoms with Crippen LogP contribution in [0.4, 0.5) is 10.8 Å². The summed E-state index contributed by atoms with van der Waals surface area (Å²) in [4.78, 5) is 6.15. The van der Waals surface area contributed by atoms with Crippen molar-refractivity contribution in [2.45, 2.75) is 12.8 Å². The van der Waals surface area contributed by atoms with E-state index in [-0.39, 0.29) is 0 Å². The molecule has 0 amide bonds. The highest BCUT2D eigenvalue weighted by atomic mass is 32.1. The van der Waals surface area contributed by atoms with E-state index in [1.807, 2.05) is 30.3 Å². The predicted molar refractivity (Wildman–Crippen MR) is 97.8 cm³/mol. The van der Waals surface area contributed by atoms with Gasteiger partial charge < -0.3 is 14.8 Å². The van der Waals surface area contributed by atoms with Crippen LogP contribution < -0.4 is 14.8 Å². The van der Waals surface area contributed by atoms with Crippen LogP contribution in [0.2, 0.25) is 0 Å². The predicted octanol–water partition coefficient (Wildman–Crippen LogP) is 4.67. The fourth-order valence-electron chi connectivity index (χ4n) is 3.03. The molecule has 24 heavy (non-hydrogen) atoms. The van der Waals surface area contributed by atoms with Crippen LogP contribution >= 0.6 is 11.3 Å². The van der Waals surface area contributed by atoms with Gasteiger partial charge >= 0.3 is 0 Å². The van der Waals surface area contributed by atoms with Crippen LogP contribution in [0.5, 0.6) is 11.5 Å². The van der Waals surface area contributed by atoms with Gasteiger partial charge in [-0.15, -0.1) is 11.3 Å². The fourth-order valence-corrected chi connectivity index (χ4v) is 4.02. The minimum Gasteiger partial charge on any atom is -0.497 e. The van der Waals surface area contributed by atoms with Gasteiger partial charge in [0, 0.05) is 10.4 Å². The number of fused-ring (bicyclic) bond motifs is 3. The average Bonchev–Trinajstić information content (AvgIpc) is 3.04. The number of anilines is 2. The van der Waals surface area contributed by atoms with Gasteiger partial charge in [0.1, 0.15) is 11.5 Å². The standard InChI is InChI=1S/C19H18N2O2S/c1-22-13-8-9-14-12(11-13)7-10-17-18(14)21-19(24-17)20-15-5-3-4-6-16(15)23-2/h3-6,8-9,11H,7,10H2,1-2H3,(H,20,21). The lowest BCUT2D eigenvalue weighted by molar-refractivity contribution is 0.414. The molecule has 122 valence electrons. The zero-order valence-corrected chi connectivity index (χ0v) is 14.4. The molecule has 2 aromatic carbocycles. The smallest absolute Gasteiger partial charge is 0.188 e. The molecule has 1 aromatic heterocycles. The number of nitrogens with one attached hydrogen (secondary N) is 1. The number of ether oxygens (including phenoxy) is 2. The molecule has 4 rings (SSSR count). The molecular formula is C19H18N2O2S. The van der Waals surface area contributed by atoms with E-state index in [0.717, 1.165) is 40.9 Å². The zero-order chi connectivity index (χ0) is 16.5. The molecule has 1 N–H and O–H groups in total. The van der Waals surface area contributed by atoms with Crippen molar-refractivity contribution in [1.29, 1.82) is 0 Å². The highest BCUT2D eigenvalue weighted by Gasteiger charge is 2.21. The van der Waals surface area contributed by atoms with Crippen molar-refractivity contribution in [3.63, 3.8) is 0 Å². The lowest BCUT2D eigenvalue weighted by Crippen LogP contribution is -2.02. The lowest BCUT2D eigenvalue weighted by Gasteiger charge is -2.15. The van der Waals surface area contributed by atoms with Crippen LogP contribution in [0.1, 0.15) is 10.4 Å². The molecule has 0 saturated carbocycles. The molecule has 1 aliphatic rings. The van der Waals surface area contributed by atoms with E-state index in [9.17, 15) is 0 Å². The normalized spacial score (nSPS) is 12.2. The maximum absolute atomic E-state index is 5.40. The number of aromatic nitrogens is 1. The summed E-state index contributed by atoms with van der Waals surface area (Å²) >= 11 is 1.71. The van der Waals surface area contributed by atoms with E-state index < -0.39 is 0 Å². The van der Waals surface area contributed by atoms with Crippen molar-refractivity contribution < 1.29 is 9.47 Å². The third-order valence-electron chi connectivity index (χ3n) is 4.23. The second-order valence-electron chi connectivity index (χ2n) is 5.64. The number of para-hydroxylation sites is 2. The molecule has 0 spiro atoms. The monoisotopic (exact) mass is 338 g/mol. The van der Waals surface area contributed by atoms with E-state index in [4.69, 9.17) is 14.5 Å². The first-order chi connectivity index (χ1) is 11.8. The van der Waals surface area contributed by atoms with E-state index in [0.29, 0.717) is 0 Å².